The van der Waals surface area contributed by atoms with Gasteiger partial charge in [-0.3, -0.25) is 4.79 Å². The molecular formula is C14H18O2S. The summed E-state index contributed by atoms with van der Waals surface area (Å²) in [6.45, 7) is 0. The summed E-state index contributed by atoms with van der Waals surface area (Å²) in [5.74, 6) is 1.72. The molecule has 0 saturated carbocycles. The van der Waals surface area contributed by atoms with Crippen LogP contribution in [0.25, 0.3) is 0 Å². The fourth-order valence-electron chi connectivity index (χ4n) is 2.41. The van der Waals surface area contributed by atoms with Crippen molar-refractivity contribution in [2.75, 3.05) is 11.5 Å². The Morgan fingerprint density at radius 2 is 2.24 bits per heavy atom. The second-order valence-corrected chi connectivity index (χ2v) is 5.66. The van der Waals surface area contributed by atoms with Crippen molar-refractivity contribution in [3.05, 3.63) is 35.4 Å². The fraction of sp³-hybridized carbons (Fsp3) is 0.500. The van der Waals surface area contributed by atoms with Gasteiger partial charge in [0.1, 0.15) is 0 Å². The van der Waals surface area contributed by atoms with Gasteiger partial charge in [-0.05, 0) is 36.3 Å². The molecule has 1 unspecified atom stereocenters. The molecule has 1 aliphatic rings. The van der Waals surface area contributed by atoms with Gasteiger partial charge in [-0.15, -0.1) is 0 Å². The lowest BCUT2D eigenvalue weighted by Crippen LogP contribution is -2.12. The maximum absolute atomic E-state index is 10.4. The molecule has 3 heteroatoms. The topological polar surface area (TPSA) is 37.3 Å². The minimum Gasteiger partial charge on any atom is -0.481 e. The SMILES string of the molecule is O=C(O)CCSCC1CCCc2ccccc21. The molecule has 0 aliphatic heterocycles. The zero-order valence-electron chi connectivity index (χ0n) is 9.89. The van der Waals surface area contributed by atoms with Crippen molar-refractivity contribution in [1.82, 2.24) is 0 Å². The second-order valence-electron chi connectivity index (χ2n) is 4.51. The van der Waals surface area contributed by atoms with E-state index in [9.17, 15) is 4.79 Å². The van der Waals surface area contributed by atoms with Gasteiger partial charge >= 0.3 is 5.97 Å². The number of carboxylic acid groups (broad SMARTS) is 1. The van der Waals surface area contributed by atoms with Crippen LogP contribution in [0.5, 0.6) is 0 Å². The van der Waals surface area contributed by atoms with Crippen molar-refractivity contribution >= 4 is 17.7 Å². The minimum atomic E-state index is -0.693. The summed E-state index contributed by atoms with van der Waals surface area (Å²) in [6.07, 6.45) is 3.99. The van der Waals surface area contributed by atoms with Gasteiger partial charge in [0.05, 0.1) is 6.42 Å². The summed E-state index contributed by atoms with van der Waals surface area (Å²) in [7, 11) is 0. The minimum absolute atomic E-state index is 0.277. The number of carbonyl (C=O) groups is 1. The number of aliphatic carboxylic acids is 1. The summed E-state index contributed by atoms with van der Waals surface area (Å²) in [4.78, 5) is 10.4. The molecule has 92 valence electrons. The van der Waals surface area contributed by atoms with E-state index in [2.05, 4.69) is 24.3 Å². The van der Waals surface area contributed by atoms with Crippen LogP contribution in [0.3, 0.4) is 0 Å². The molecule has 0 heterocycles. The van der Waals surface area contributed by atoms with Crippen molar-refractivity contribution in [3.63, 3.8) is 0 Å². The number of aryl methyl sites for hydroxylation is 1. The first-order valence-electron chi connectivity index (χ1n) is 6.14. The molecule has 0 saturated heterocycles. The summed E-state index contributed by atoms with van der Waals surface area (Å²) in [5.41, 5.74) is 2.98. The molecule has 0 fully saturated rings. The Bertz CT molecular complexity index is 390. The number of fused-ring (bicyclic) bond motifs is 1. The number of hydrogen-bond acceptors (Lipinski definition) is 2. The van der Waals surface area contributed by atoms with Crippen molar-refractivity contribution < 1.29 is 9.90 Å². The highest BCUT2D eigenvalue weighted by molar-refractivity contribution is 7.99. The monoisotopic (exact) mass is 250 g/mol. The molecule has 0 aromatic heterocycles. The highest BCUT2D eigenvalue weighted by Gasteiger charge is 2.19. The first-order valence-corrected chi connectivity index (χ1v) is 7.30. The number of thioether (sulfide) groups is 1. The largest absolute Gasteiger partial charge is 0.481 e. The number of rotatable bonds is 5. The Morgan fingerprint density at radius 3 is 3.06 bits per heavy atom. The van der Waals surface area contributed by atoms with Crippen molar-refractivity contribution in [3.8, 4) is 0 Å². The molecule has 1 N–H and O–H groups in total. The van der Waals surface area contributed by atoms with Crippen LogP contribution < -0.4 is 0 Å². The van der Waals surface area contributed by atoms with Crippen molar-refractivity contribution in [2.45, 2.75) is 31.6 Å². The summed E-state index contributed by atoms with van der Waals surface area (Å²) < 4.78 is 0. The summed E-state index contributed by atoms with van der Waals surface area (Å²) in [6, 6.07) is 8.68. The van der Waals surface area contributed by atoms with Gasteiger partial charge in [0.15, 0.2) is 0 Å². The maximum atomic E-state index is 10.4. The van der Waals surface area contributed by atoms with Crippen molar-refractivity contribution in [2.24, 2.45) is 0 Å². The van der Waals surface area contributed by atoms with Crippen LogP contribution >= 0.6 is 11.8 Å². The standard InChI is InChI=1S/C14H18O2S/c15-14(16)8-9-17-10-12-6-3-5-11-4-1-2-7-13(11)12/h1-2,4,7,12H,3,5-6,8-10H2,(H,15,16). The first-order chi connectivity index (χ1) is 8.27. The van der Waals surface area contributed by atoms with E-state index in [1.807, 2.05) is 0 Å². The van der Waals surface area contributed by atoms with Crippen LogP contribution in [0, 0.1) is 0 Å². The smallest absolute Gasteiger partial charge is 0.304 e. The molecule has 1 aromatic carbocycles. The summed E-state index contributed by atoms with van der Waals surface area (Å²) >= 11 is 1.77. The molecule has 1 aromatic rings. The van der Waals surface area contributed by atoms with E-state index >= 15 is 0 Å². The quantitative estimate of drug-likeness (QED) is 0.815. The number of hydrogen-bond donors (Lipinski definition) is 1. The van der Waals surface area contributed by atoms with Crippen LogP contribution in [0.1, 0.15) is 36.3 Å². The Balaban J connectivity index is 1.88. The average molecular weight is 250 g/mol. The van der Waals surface area contributed by atoms with Crippen molar-refractivity contribution in [1.29, 1.82) is 0 Å². The number of benzene rings is 1. The summed E-state index contributed by atoms with van der Waals surface area (Å²) in [5, 5.41) is 8.59. The van der Waals surface area contributed by atoms with Gasteiger partial charge < -0.3 is 5.11 Å². The Labute approximate surface area is 106 Å². The maximum Gasteiger partial charge on any atom is 0.304 e. The molecule has 2 rings (SSSR count). The molecular weight excluding hydrogens is 232 g/mol. The van der Waals surface area contributed by atoms with E-state index in [1.165, 1.54) is 30.4 Å². The fourth-order valence-corrected chi connectivity index (χ4v) is 3.53. The third-order valence-electron chi connectivity index (χ3n) is 3.27. The highest BCUT2D eigenvalue weighted by atomic mass is 32.2. The zero-order valence-corrected chi connectivity index (χ0v) is 10.7. The first kappa shape index (κ1) is 12.5. The van der Waals surface area contributed by atoms with Crippen LogP contribution in [0.2, 0.25) is 0 Å². The van der Waals surface area contributed by atoms with Gasteiger partial charge in [0.25, 0.3) is 0 Å². The van der Waals surface area contributed by atoms with E-state index in [1.54, 1.807) is 11.8 Å². The molecule has 1 atom stereocenters. The lowest BCUT2D eigenvalue weighted by molar-refractivity contribution is -0.136. The van der Waals surface area contributed by atoms with E-state index < -0.39 is 5.97 Å². The lowest BCUT2D eigenvalue weighted by Gasteiger charge is -2.25. The average Bonchev–Trinajstić information content (AvgIpc) is 2.34. The second kappa shape index (κ2) is 6.10. The van der Waals surface area contributed by atoms with Crippen LogP contribution in [0.15, 0.2) is 24.3 Å². The van der Waals surface area contributed by atoms with Gasteiger partial charge in [-0.25, -0.2) is 0 Å². The van der Waals surface area contributed by atoms with Crippen LogP contribution in [0.4, 0.5) is 0 Å². The van der Waals surface area contributed by atoms with Gasteiger partial charge in [-0.2, -0.15) is 11.8 Å². The van der Waals surface area contributed by atoms with E-state index in [0.29, 0.717) is 5.92 Å². The zero-order chi connectivity index (χ0) is 12.1. The van der Waals surface area contributed by atoms with Gasteiger partial charge in [0, 0.05) is 11.5 Å². The molecule has 17 heavy (non-hydrogen) atoms. The Kier molecular flexibility index (Phi) is 4.49. The van der Waals surface area contributed by atoms with Gasteiger partial charge in [0.2, 0.25) is 0 Å². The Morgan fingerprint density at radius 1 is 1.41 bits per heavy atom. The molecule has 1 aliphatic carbocycles. The normalized spacial score (nSPS) is 18.7. The van der Waals surface area contributed by atoms with E-state index in [4.69, 9.17) is 5.11 Å². The Hall–Kier alpha value is -0.960. The van der Waals surface area contributed by atoms with Crippen LogP contribution in [-0.2, 0) is 11.2 Å². The third-order valence-corrected chi connectivity index (χ3v) is 4.40. The molecule has 0 amide bonds. The van der Waals surface area contributed by atoms with Gasteiger partial charge in [-0.1, -0.05) is 24.3 Å². The molecule has 0 radical (unpaired) electrons. The van der Waals surface area contributed by atoms with E-state index in [0.717, 1.165) is 11.5 Å². The molecule has 0 bridgehead atoms. The predicted molar refractivity (Wildman–Crippen MR) is 71.7 cm³/mol. The lowest BCUT2D eigenvalue weighted by atomic mass is 9.84. The number of carboxylic acids is 1. The van der Waals surface area contributed by atoms with E-state index in [-0.39, 0.29) is 6.42 Å². The predicted octanol–water partition coefficient (Wildman–Crippen LogP) is 3.31. The molecule has 0 spiro atoms. The molecule has 2 nitrogen and oxygen atoms in total. The highest BCUT2D eigenvalue weighted by Crippen LogP contribution is 2.33. The van der Waals surface area contributed by atoms with Crippen LogP contribution in [-0.4, -0.2) is 22.6 Å². The third kappa shape index (κ3) is 3.50.